The van der Waals surface area contributed by atoms with Crippen LogP contribution in [0.2, 0.25) is 0 Å². The molecule has 1 N–H and O–H groups in total. The summed E-state index contributed by atoms with van der Waals surface area (Å²) < 4.78 is 13.0. The van der Waals surface area contributed by atoms with Gasteiger partial charge in [0, 0.05) is 18.8 Å². The number of rotatable bonds is 4. The van der Waals surface area contributed by atoms with Crippen LogP contribution in [0.1, 0.15) is 29.5 Å². The normalized spacial score (nSPS) is 18.1. The third-order valence-electron chi connectivity index (χ3n) is 4.85. The Labute approximate surface area is 148 Å². The van der Waals surface area contributed by atoms with Gasteiger partial charge < -0.3 is 5.32 Å². The number of hydrogen-bond donors (Lipinski definition) is 1. The number of piperidine rings is 1. The molecule has 0 aliphatic carbocycles. The Morgan fingerprint density at radius 2 is 1.96 bits per heavy atom. The van der Waals surface area contributed by atoms with Crippen LogP contribution in [0.3, 0.4) is 0 Å². The number of aryl methyl sites for hydroxylation is 2. The number of benzene rings is 2. The van der Waals surface area contributed by atoms with E-state index in [4.69, 9.17) is 0 Å². The molecule has 0 saturated carbocycles. The van der Waals surface area contributed by atoms with Crippen molar-refractivity contribution in [1.29, 1.82) is 0 Å². The molecule has 2 aromatic carbocycles. The first-order valence-electron chi connectivity index (χ1n) is 8.86. The van der Waals surface area contributed by atoms with Crippen molar-refractivity contribution < 1.29 is 9.18 Å². The Bertz CT molecular complexity index is 742. The van der Waals surface area contributed by atoms with E-state index < -0.39 is 0 Å². The molecule has 2 aromatic rings. The van der Waals surface area contributed by atoms with Gasteiger partial charge in [0.15, 0.2) is 0 Å². The van der Waals surface area contributed by atoms with Crippen LogP contribution in [-0.4, -0.2) is 23.9 Å². The molecule has 1 heterocycles. The van der Waals surface area contributed by atoms with Crippen molar-refractivity contribution in [3.63, 3.8) is 0 Å². The van der Waals surface area contributed by atoms with E-state index in [-0.39, 0.29) is 17.6 Å². The zero-order chi connectivity index (χ0) is 17.8. The molecule has 25 heavy (non-hydrogen) atoms. The summed E-state index contributed by atoms with van der Waals surface area (Å²) in [6.07, 6.45) is 1.92. The fourth-order valence-corrected chi connectivity index (χ4v) is 3.37. The number of amides is 1. The number of nitrogens with one attached hydrogen (secondary N) is 1. The number of hydrogen-bond acceptors (Lipinski definition) is 2. The molecule has 0 spiro atoms. The van der Waals surface area contributed by atoms with Crippen molar-refractivity contribution in [3.8, 4) is 0 Å². The third kappa shape index (κ3) is 4.67. The van der Waals surface area contributed by atoms with Crippen LogP contribution in [0, 0.1) is 25.6 Å². The molecule has 1 aliphatic heterocycles. The second-order valence-corrected chi connectivity index (χ2v) is 7.01. The van der Waals surface area contributed by atoms with Crippen LogP contribution < -0.4 is 5.32 Å². The second-order valence-electron chi connectivity index (χ2n) is 7.01. The first-order valence-corrected chi connectivity index (χ1v) is 8.86. The highest BCUT2D eigenvalue weighted by Crippen LogP contribution is 2.22. The van der Waals surface area contributed by atoms with E-state index in [0.29, 0.717) is 0 Å². The number of likely N-dealkylation sites (tertiary alicyclic amines) is 1. The lowest BCUT2D eigenvalue weighted by Gasteiger charge is -2.32. The SMILES string of the molecule is Cc1ccc(C)c(NC(=O)[C@@H]2CCCN(Cc3ccc(F)cc3)C2)c1. The Kier molecular flexibility index (Phi) is 5.49. The number of carbonyl (C=O) groups excluding carboxylic acids is 1. The van der Waals surface area contributed by atoms with Crippen LogP contribution in [0.25, 0.3) is 0 Å². The molecule has 1 atom stereocenters. The lowest BCUT2D eigenvalue weighted by atomic mass is 9.96. The van der Waals surface area contributed by atoms with E-state index in [2.05, 4.69) is 16.3 Å². The van der Waals surface area contributed by atoms with Crippen molar-refractivity contribution in [2.24, 2.45) is 5.92 Å². The minimum Gasteiger partial charge on any atom is -0.326 e. The summed E-state index contributed by atoms with van der Waals surface area (Å²) in [6, 6.07) is 12.7. The maximum atomic E-state index is 13.0. The van der Waals surface area contributed by atoms with E-state index in [9.17, 15) is 9.18 Å². The van der Waals surface area contributed by atoms with Crippen LogP contribution in [-0.2, 0) is 11.3 Å². The molecular formula is C21H25FN2O. The number of anilines is 1. The molecule has 1 fully saturated rings. The minimum absolute atomic E-state index is 0.00545. The Hall–Kier alpha value is -2.20. The summed E-state index contributed by atoms with van der Waals surface area (Å²) in [5.41, 5.74) is 4.21. The molecular weight excluding hydrogens is 315 g/mol. The van der Waals surface area contributed by atoms with Gasteiger partial charge in [-0.25, -0.2) is 4.39 Å². The predicted molar refractivity (Wildman–Crippen MR) is 98.9 cm³/mol. The monoisotopic (exact) mass is 340 g/mol. The van der Waals surface area contributed by atoms with Gasteiger partial charge in [-0.1, -0.05) is 24.3 Å². The second kappa shape index (κ2) is 7.79. The van der Waals surface area contributed by atoms with Crippen molar-refractivity contribution in [2.45, 2.75) is 33.2 Å². The topological polar surface area (TPSA) is 32.3 Å². The zero-order valence-corrected chi connectivity index (χ0v) is 14.9. The summed E-state index contributed by atoms with van der Waals surface area (Å²) in [6.45, 7) is 6.52. The highest BCUT2D eigenvalue weighted by atomic mass is 19.1. The highest BCUT2D eigenvalue weighted by molar-refractivity contribution is 5.93. The van der Waals surface area contributed by atoms with Crippen LogP contribution in [0.5, 0.6) is 0 Å². The van der Waals surface area contributed by atoms with E-state index in [1.807, 2.05) is 38.1 Å². The summed E-state index contributed by atoms with van der Waals surface area (Å²) >= 11 is 0. The van der Waals surface area contributed by atoms with Gasteiger partial charge in [-0.2, -0.15) is 0 Å². The molecule has 1 amide bonds. The van der Waals surface area contributed by atoms with E-state index in [0.717, 1.165) is 54.9 Å². The average molecular weight is 340 g/mol. The molecule has 0 unspecified atom stereocenters. The molecule has 1 aliphatic rings. The zero-order valence-electron chi connectivity index (χ0n) is 14.9. The van der Waals surface area contributed by atoms with Crippen LogP contribution >= 0.6 is 0 Å². The molecule has 3 rings (SSSR count). The van der Waals surface area contributed by atoms with Gasteiger partial charge in [0.05, 0.1) is 5.92 Å². The Morgan fingerprint density at radius 3 is 2.72 bits per heavy atom. The van der Waals surface area contributed by atoms with Crippen molar-refractivity contribution in [3.05, 3.63) is 65.0 Å². The molecule has 132 valence electrons. The summed E-state index contributed by atoms with van der Waals surface area (Å²) in [5, 5.41) is 3.10. The molecule has 0 bridgehead atoms. The van der Waals surface area contributed by atoms with Crippen LogP contribution in [0.4, 0.5) is 10.1 Å². The largest absolute Gasteiger partial charge is 0.326 e. The van der Waals surface area contributed by atoms with Gasteiger partial charge in [0.25, 0.3) is 0 Å². The average Bonchev–Trinajstić information content (AvgIpc) is 2.60. The van der Waals surface area contributed by atoms with Crippen LogP contribution in [0.15, 0.2) is 42.5 Å². The van der Waals surface area contributed by atoms with Gasteiger partial charge in [0.2, 0.25) is 5.91 Å². The van der Waals surface area contributed by atoms with Gasteiger partial charge in [-0.05, 0) is 68.1 Å². The third-order valence-corrected chi connectivity index (χ3v) is 4.85. The molecule has 4 heteroatoms. The van der Waals surface area contributed by atoms with E-state index in [1.54, 1.807) is 0 Å². The quantitative estimate of drug-likeness (QED) is 0.900. The Balaban J connectivity index is 1.61. The maximum Gasteiger partial charge on any atom is 0.228 e. The lowest BCUT2D eigenvalue weighted by Crippen LogP contribution is -2.40. The van der Waals surface area contributed by atoms with E-state index in [1.165, 1.54) is 12.1 Å². The maximum absolute atomic E-state index is 13.0. The van der Waals surface area contributed by atoms with Gasteiger partial charge in [0.1, 0.15) is 5.82 Å². The fraction of sp³-hybridized carbons (Fsp3) is 0.381. The first-order chi connectivity index (χ1) is 12.0. The fourth-order valence-electron chi connectivity index (χ4n) is 3.37. The molecule has 1 saturated heterocycles. The highest BCUT2D eigenvalue weighted by Gasteiger charge is 2.26. The first kappa shape index (κ1) is 17.6. The van der Waals surface area contributed by atoms with Crippen molar-refractivity contribution in [2.75, 3.05) is 18.4 Å². The number of nitrogens with zero attached hydrogens (tertiary/aromatic N) is 1. The summed E-state index contributed by atoms with van der Waals surface area (Å²) in [7, 11) is 0. The van der Waals surface area contributed by atoms with E-state index >= 15 is 0 Å². The van der Waals surface area contributed by atoms with Crippen molar-refractivity contribution >= 4 is 11.6 Å². The van der Waals surface area contributed by atoms with Gasteiger partial charge >= 0.3 is 0 Å². The number of carbonyl (C=O) groups is 1. The standard InChI is InChI=1S/C21H25FN2O/c1-15-5-6-16(2)20(12-15)23-21(25)18-4-3-11-24(14-18)13-17-7-9-19(22)10-8-17/h5-10,12,18H,3-4,11,13-14H2,1-2H3,(H,23,25)/t18-/m1/s1. The lowest BCUT2D eigenvalue weighted by molar-refractivity contribution is -0.121. The Morgan fingerprint density at radius 1 is 1.20 bits per heavy atom. The summed E-state index contributed by atoms with van der Waals surface area (Å²) in [4.78, 5) is 15.0. The van der Waals surface area contributed by atoms with Gasteiger partial charge in [-0.15, -0.1) is 0 Å². The minimum atomic E-state index is -0.215. The van der Waals surface area contributed by atoms with Crippen molar-refractivity contribution in [1.82, 2.24) is 4.90 Å². The molecule has 0 aromatic heterocycles. The molecule has 3 nitrogen and oxygen atoms in total. The van der Waals surface area contributed by atoms with Gasteiger partial charge in [-0.3, -0.25) is 9.69 Å². The predicted octanol–water partition coefficient (Wildman–Crippen LogP) is 4.29. The summed E-state index contributed by atoms with van der Waals surface area (Å²) in [5.74, 6) is -0.125. The number of halogens is 1. The molecule has 0 radical (unpaired) electrons. The smallest absolute Gasteiger partial charge is 0.228 e.